The van der Waals surface area contributed by atoms with Gasteiger partial charge in [0.15, 0.2) is 0 Å². The Morgan fingerprint density at radius 1 is 1.59 bits per heavy atom. The third kappa shape index (κ3) is 3.55. The van der Waals surface area contributed by atoms with Crippen molar-refractivity contribution in [2.45, 2.75) is 30.7 Å². The van der Waals surface area contributed by atoms with Crippen molar-refractivity contribution >= 4 is 17.6 Å². The van der Waals surface area contributed by atoms with Gasteiger partial charge in [-0.2, -0.15) is 0 Å². The number of nitrogens with zero attached hydrogens (tertiary/aromatic N) is 2. The van der Waals surface area contributed by atoms with Crippen molar-refractivity contribution in [3.8, 4) is 0 Å². The van der Waals surface area contributed by atoms with Gasteiger partial charge in [0.1, 0.15) is 16.7 Å². The van der Waals surface area contributed by atoms with Gasteiger partial charge in [-0.1, -0.05) is 6.92 Å². The van der Waals surface area contributed by atoms with Crippen molar-refractivity contribution < 1.29 is 5.11 Å². The second-order valence-electron chi connectivity index (χ2n) is 4.47. The van der Waals surface area contributed by atoms with E-state index in [1.165, 1.54) is 12.8 Å². The number of aromatic nitrogens is 2. The molecule has 0 radical (unpaired) electrons. The van der Waals surface area contributed by atoms with Gasteiger partial charge in [-0.3, -0.25) is 0 Å². The molecule has 1 aliphatic rings. The molecule has 0 saturated heterocycles. The number of rotatable bonds is 6. The number of nitrogens with two attached hydrogens (primary N) is 1. The molecule has 1 aliphatic carbocycles. The summed E-state index contributed by atoms with van der Waals surface area (Å²) in [6, 6.07) is 1.85. The molecule has 0 spiro atoms. The zero-order chi connectivity index (χ0) is 12.3. The van der Waals surface area contributed by atoms with Crippen LogP contribution >= 0.6 is 11.8 Å². The molecular formula is C11H18N4OS. The van der Waals surface area contributed by atoms with E-state index in [0.717, 1.165) is 16.6 Å². The van der Waals surface area contributed by atoms with E-state index in [4.69, 9.17) is 10.9 Å². The number of hydrazine groups is 1. The molecule has 94 valence electrons. The van der Waals surface area contributed by atoms with Crippen LogP contribution in [-0.2, 0) is 0 Å². The van der Waals surface area contributed by atoms with Gasteiger partial charge < -0.3 is 10.5 Å². The quantitative estimate of drug-likeness (QED) is 0.308. The van der Waals surface area contributed by atoms with Crippen molar-refractivity contribution in [2.24, 2.45) is 11.8 Å². The number of aliphatic hydroxyl groups excluding tert-OH is 1. The summed E-state index contributed by atoms with van der Waals surface area (Å²) >= 11 is 1.64. The minimum absolute atomic E-state index is 0.204. The lowest BCUT2D eigenvalue weighted by molar-refractivity contribution is 0.250. The molecule has 0 aliphatic heterocycles. The molecule has 1 aromatic heterocycles. The molecule has 5 nitrogen and oxygen atoms in total. The molecule has 1 saturated carbocycles. The van der Waals surface area contributed by atoms with E-state index in [1.54, 1.807) is 11.8 Å². The zero-order valence-electron chi connectivity index (χ0n) is 9.89. The van der Waals surface area contributed by atoms with Gasteiger partial charge in [-0.15, -0.1) is 11.8 Å². The summed E-state index contributed by atoms with van der Waals surface area (Å²) in [7, 11) is 0. The Labute approximate surface area is 105 Å². The van der Waals surface area contributed by atoms with Gasteiger partial charge in [0, 0.05) is 24.3 Å². The van der Waals surface area contributed by atoms with Gasteiger partial charge in [0.25, 0.3) is 0 Å². The molecule has 1 aromatic rings. The van der Waals surface area contributed by atoms with E-state index >= 15 is 0 Å². The van der Waals surface area contributed by atoms with Crippen LogP contribution in [0.3, 0.4) is 0 Å². The fourth-order valence-corrected chi connectivity index (χ4v) is 2.31. The summed E-state index contributed by atoms with van der Waals surface area (Å²) in [5.74, 6) is 8.59. The third-order valence-electron chi connectivity index (χ3n) is 2.64. The summed E-state index contributed by atoms with van der Waals surface area (Å²) < 4.78 is 0. The van der Waals surface area contributed by atoms with E-state index in [9.17, 15) is 0 Å². The molecule has 1 unspecified atom stereocenters. The molecule has 1 heterocycles. The smallest absolute Gasteiger partial charge is 0.144 e. The third-order valence-corrected chi connectivity index (χ3v) is 3.88. The largest absolute Gasteiger partial charge is 0.396 e. The van der Waals surface area contributed by atoms with Crippen molar-refractivity contribution in [1.82, 2.24) is 9.97 Å². The van der Waals surface area contributed by atoms with Gasteiger partial charge in [0.05, 0.1) is 0 Å². The predicted molar refractivity (Wildman–Crippen MR) is 68.8 cm³/mol. The molecule has 6 heteroatoms. The van der Waals surface area contributed by atoms with Crippen LogP contribution in [-0.4, -0.2) is 27.4 Å². The number of nitrogens with one attached hydrogen (secondary N) is 1. The van der Waals surface area contributed by atoms with Crippen LogP contribution in [0.25, 0.3) is 0 Å². The van der Waals surface area contributed by atoms with Crippen LogP contribution in [0.15, 0.2) is 11.1 Å². The highest BCUT2D eigenvalue weighted by molar-refractivity contribution is 7.99. The van der Waals surface area contributed by atoms with E-state index in [0.29, 0.717) is 11.7 Å². The first-order valence-corrected chi connectivity index (χ1v) is 6.80. The summed E-state index contributed by atoms with van der Waals surface area (Å²) in [6.07, 6.45) is 2.34. The topological polar surface area (TPSA) is 84.1 Å². The highest BCUT2D eigenvalue weighted by atomic mass is 32.2. The molecule has 0 amide bonds. The van der Waals surface area contributed by atoms with Gasteiger partial charge >= 0.3 is 0 Å². The van der Waals surface area contributed by atoms with E-state index < -0.39 is 0 Å². The van der Waals surface area contributed by atoms with Gasteiger partial charge in [-0.05, 0) is 18.8 Å². The Morgan fingerprint density at radius 2 is 2.35 bits per heavy atom. The fraction of sp³-hybridized carbons (Fsp3) is 0.636. The number of nitrogen functional groups attached to an aromatic ring is 1. The van der Waals surface area contributed by atoms with Gasteiger partial charge in [-0.25, -0.2) is 15.8 Å². The van der Waals surface area contributed by atoms with E-state index in [-0.39, 0.29) is 12.5 Å². The molecule has 0 aromatic carbocycles. The second-order valence-corrected chi connectivity index (χ2v) is 5.51. The lowest BCUT2D eigenvalue weighted by atomic mass is 10.2. The standard InChI is InChI=1S/C11H18N4OS/c1-7(5-16)6-17-10-4-9(15-12)13-11(14-10)8-2-3-8/h4,7-8,16H,2-3,5-6,12H2,1H3,(H,13,14,15). The van der Waals surface area contributed by atoms with Crippen molar-refractivity contribution in [3.63, 3.8) is 0 Å². The first-order valence-electron chi connectivity index (χ1n) is 5.82. The molecule has 17 heavy (non-hydrogen) atoms. The first-order chi connectivity index (χ1) is 8.22. The number of hydrogen-bond acceptors (Lipinski definition) is 6. The highest BCUT2D eigenvalue weighted by Gasteiger charge is 2.27. The molecule has 4 N–H and O–H groups in total. The fourth-order valence-electron chi connectivity index (χ4n) is 1.40. The van der Waals surface area contributed by atoms with Crippen LogP contribution in [0.5, 0.6) is 0 Å². The summed E-state index contributed by atoms with van der Waals surface area (Å²) in [6.45, 7) is 2.22. The molecule has 1 fully saturated rings. The zero-order valence-corrected chi connectivity index (χ0v) is 10.7. The van der Waals surface area contributed by atoms with Crippen LogP contribution in [0.4, 0.5) is 5.82 Å². The maximum Gasteiger partial charge on any atom is 0.144 e. The Kier molecular flexibility index (Phi) is 4.20. The minimum Gasteiger partial charge on any atom is -0.396 e. The average Bonchev–Trinajstić information content (AvgIpc) is 3.19. The van der Waals surface area contributed by atoms with Crippen LogP contribution in [0, 0.1) is 5.92 Å². The average molecular weight is 254 g/mol. The van der Waals surface area contributed by atoms with E-state index in [1.807, 2.05) is 13.0 Å². The van der Waals surface area contributed by atoms with Crippen molar-refractivity contribution in [1.29, 1.82) is 0 Å². The minimum atomic E-state index is 0.204. The summed E-state index contributed by atoms with van der Waals surface area (Å²) in [5, 5.41) is 9.91. The van der Waals surface area contributed by atoms with Gasteiger partial charge in [0.2, 0.25) is 0 Å². The van der Waals surface area contributed by atoms with Crippen molar-refractivity contribution in [3.05, 3.63) is 11.9 Å². The van der Waals surface area contributed by atoms with Crippen LogP contribution in [0.1, 0.15) is 31.5 Å². The molecule has 2 rings (SSSR count). The first kappa shape index (κ1) is 12.6. The second kappa shape index (κ2) is 5.66. The lowest BCUT2D eigenvalue weighted by Crippen LogP contribution is -2.11. The highest BCUT2D eigenvalue weighted by Crippen LogP contribution is 2.39. The number of anilines is 1. The maximum atomic E-state index is 8.99. The lowest BCUT2D eigenvalue weighted by Gasteiger charge is -2.09. The van der Waals surface area contributed by atoms with Crippen LogP contribution in [0.2, 0.25) is 0 Å². The van der Waals surface area contributed by atoms with E-state index in [2.05, 4.69) is 15.4 Å². The monoisotopic (exact) mass is 254 g/mol. The normalized spacial score (nSPS) is 16.9. The Bertz CT molecular complexity index is 384. The molecule has 0 bridgehead atoms. The number of hydrogen-bond donors (Lipinski definition) is 3. The molecular weight excluding hydrogens is 236 g/mol. The SMILES string of the molecule is CC(CO)CSc1cc(NN)nc(C2CC2)n1. The summed E-state index contributed by atoms with van der Waals surface area (Å²) in [4.78, 5) is 8.88. The summed E-state index contributed by atoms with van der Waals surface area (Å²) in [5.41, 5.74) is 2.58. The molecule has 1 atom stereocenters. The van der Waals surface area contributed by atoms with Crippen LogP contribution < -0.4 is 11.3 Å². The Hall–Kier alpha value is -0.850. The Balaban J connectivity index is 2.06. The Morgan fingerprint density at radius 3 is 2.94 bits per heavy atom. The maximum absolute atomic E-state index is 8.99. The number of aliphatic hydroxyl groups is 1. The predicted octanol–water partition coefficient (Wildman–Crippen LogP) is 1.36. The van der Waals surface area contributed by atoms with Crippen molar-refractivity contribution in [2.75, 3.05) is 17.8 Å². The number of thioether (sulfide) groups is 1.